The summed E-state index contributed by atoms with van der Waals surface area (Å²) >= 11 is 0. The van der Waals surface area contributed by atoms with Gasteiger partial charge in [-0.05, 0) is 37.7 Å². The summed E-state index contributed by atoms with van der Waals surface area (Å²) in [6.45, 7) is 7.25. The molecule has 0 spiro atoms. The highest BCUT2D eigenvalue weighted by molar-refractivity contribution is 5.17. The largest absolute Gasteiger partial charge is 0.370 e. The van der Waals surface area contributed by atoms with Gasteiger partial charge in [0.15, 0.2) is 0 Å². The predicted molar refractivity (Wildman–Crippen MR) is 106 cm³/mol. The molecule has 4 atom stereocenters. The molecule has 2 fully saturated rings. The van der Waals surface area contributed by atoms with Gasteiger partial charge in [-0.1, -0.05) is 69.0 Å². The van der Waals surface area contributed by atoms with Crippen LogP contribution in [0, 0.1) is 0 Å². The Balaban J connectivity index is 1.59. The molecule has 2 aliphatic rings. The molecule has 0 aliphatic carbocycles. The summed E-state index contributed by atoms with van der Waals surface area (Å²) in [4.78, 5) is 2.66. The zero-order chi connectivity index (χ0) is 17.5. The summed E-state index contributed by atoms with van der Waals surface area (Å²) in [5.41, 5.74) is 1.36. The van der Waals surface area contributed by atoms with Gasteiger partial charge >= 0.3 is 0 Å². The lowest BCUT2D eigenvalue weighted by atomic mass is 9.97. The van der Waals surface area contributed by atoms with Crippen molar-refractivity contribution < 1.29 is 4.74 Å². The van der Waals surface area contributed by atoms with Gasteiger partial charge in [-0.15, -0.1) is 6.58 Å². The average Bonchev–Trinajstić information content (AvgIpc) is 2.88. The number of hydrogen-bond acceptors (Lipinski definition) is 2. The molecule has 2 unspecified atom stereocenters. The Kier molecular flexibility index (Phi) is 7.12. The van der Waals surface area contributed by atoms with Crippen LogP contribution in [0.5, 0.6) is 0 Å². The molecule has 2 nitrogen and oxygen atoms in total. The maximum atomic E-state index is 6.71. The van der Waals surface area contributed by atoms with Crippen LogP contribution in [0.1, 0.15) is 76.4 Å². The van der Waals surface area contributed by atoms with Crippen molar-refractivity contribution >= 4 is 0 Å². The minimum atomic E-state index is 0.272. The van der Waals surface area contributed by atoms with Crippen LogP contribution < -0.4 is 0 Å². The van der Waals surface area contributed by atoms with E-state index in [1.54, 1.807) is 0 Å². The van der Waals surface area contributed by atoms with E-state index in [0.29, 0.717) is 18.2 Å². The third-order valence-corrected chi connectivity index (χ3v) is 6.03. The third-order valence-electron chi connectivity index (χ3n) is 6.03. The number of unbranched alkanes of at least 4 members (excludes halogenated alkanes) is 3. The van der Waals surface area contributed by atoms with Crippen LogP contribution in [0.4, 0.5) is 0 Å². The SMILES string of the molecule is C=CCN1[C@@H]2CC[C@H]1CC(OC(CCCCCC)c1ccccc1)C2. The first kappa shape index (κ1) is 18.7. The molecule has 1 aromatic rings. The van der Waals surface area contributed by atoms with Crippen LogP contribution in [0.2, 0.25) is 0 Å². The highest BCUT2D eigenvalue weighted by atomic mass is 16.5. The Morgan fingerprint density at radius 1 is 1.12 bits per heavy atom. The lowest BCUT2D eigenvalue weighted by molar-refractivity contribution is -0.0640. The Hall–Kier alpha value is -1.12. The molecule has 0 aromatic heterocycles. The van der Waals surface area contributed by atoms with E-state index in [1.165, 1.54) is 56.9 Å². The molecule has 2 heteroatoms. The topological polar surface area (TPSA) is 12.5 Å². The maximum Gasteiger partial charge on any atom is 0.0828 e. The van der Waals surface area contributed by atoms with Crippen molar-refractivity contribution in [2.75, 3.05) is 6.54 Å². The minimum absolute atomic E-state index is 0.272. The van der Waals surface area contributed by atoms with Crippen LogP contribution in [-0.2, 0) is 4.74 Å². The maximum absolute atomic E-state index is 6.71. The predicted octanol–water partition coefficient (Wildman–Crippen LogP) is 5.90. The van der Waals surface area contributed by atoms with Gasteiger partial charge in [-0.2, -0.15) is 0 Å². The Morgan fingerprint density at radius 2 is 1.84 bits per heavy atom. The second-order valence-electron chi connectivity index (χ2n) is 7.85. The van der Waals surface area contributed by atoms with E-state index in [1.807, 2.05) is 0 Å². The molecule has 25 heavy (non-hydrogen) atoms. The highest BCUT2D eigenvalue weighted by Gasteiger charge is 2.41. The number of piperidine rings is 1. The first-order chi connectivity index (χ1) is 12.3. The normalized spacial score (nSPS) is 27.3. The van der Waals surface area contributed by atoms with Gasteiger partial charge in [-0.3, -0.25) is 4.90 Å². The van der Waals surface area contributed by atoms with Gasteiger partial charge in [0.25, 0.3) is 0 Å². The van der Waals surface area contributed by atoms with E-state index in [9.17, 15) is 0 Å². The van der Waals surface area contributed by atoms with Crippen molar-refractivity contribution in [3.05, 3.63) is 48.6 Å². The van der Waals surface area contributed by atoms with Crippen molar-refractivity contribution in [3.63, 3.8) is 0 Å². The number of hydrogen-bond donors (Lipinski definition) is 0. The Morgan fingerprint density at radius 3 is 2.48 bits per heavy atom. The minimum Gasteiger partial charge on any atom is -0.370 e. The second-order valence-corrected chi connectivity index (χ2v) is 7.85. The molecule has 0 saturated carbocycles. The number of fused-ring (bicyclic) bond motifs is 2. The molecule has 0 radical (unpaired) electrons. The van der Waals surface area contributed by atoms with Gasteiger partial charge in [0.05, 0.1) is 12.2 Å². The fourth-order valence-electron chi connectivity index (χ4n) is 4.75. The van der Waals surface area contributed by atoms with E-state index < -0.39 is 0 Å². The van der Waals surface area contributed by atoms with Gasteiger partial charge in [-0.25, -0.2) is 0 Å². The van der Waals surface area contributed by atoms with Crippen molar-refractivity contribution in [1.29, 1.82) is 0 Å². The molecule has 138 valence electrons. The van der Waals surface area contributed by atoms with Crippen LogP contribution in [-0.4, -0.2) is 29.6 Å². The van der Waals surface area contributed by atoms with Crippen molar-refractivity contribution in [3.8, 4) is 0 Å². The fourth-order valence-corrected chi connectivity index (χ4v) is 4.75. The number of rotatable bonds is 10. The van der Waals surface area contributed by atoms with Crippen LogP contribution >= 0.6 is 0 Å². The van der Waals surface area contributed by atoms with E-state index in [-0.39, 0.29) is 6.10 Å². The first-order valence-electron chi connectivity index (χ1n) is 10.4. The van der Waals surface area contributed by atoms with Crippen molar-refractivity contribution in [1.82, 2.24) is 4.90 Å². The number of nitrogens with zero attached hydrogens (tertiary/aromatic N) is 1. The molecule has 1 aromatic carbocycles. The number of ether oxygens (including phenoxy) is 1. The molecule has 0 amide bonds. The molecular weight excluding hydrogens is 306 g/mol. The molecule has 2 bridgehead atoms. The molecule has 2 aliphatic heterocycles. The molecular formula is C23H35NO. The van der Waals surface area contributed by atoms with Crippen molar-refractivity contribution in [2.24, 2.45) is 0 Å². The Bertz CT molecular complexity index is 500. The summed E-state index contributed by atoms with van der Waals surface area (Å²) in [7, 11) is 0. The first-order valence-corrected chi connectivity index (χ1v) is 10.4. The molecule has 3 rings (SSSR count). The smallest absolute Gasteiger partial charge is 0.0828 e. The van der Waals surface area contributed by atoms with Crippen LogP contribution in [0.25, 0.3) is 0 Å². The lowest BCUT2D eigenvalue weighted by Crippen LogP contribution is -2.45. The van der Waals surface area contributed by atoms with Gasteiger partial charge in [0.1, 0.15) is 0 Å². The summed E-state index contributed by atoms with van der Waals surface area (Å²) in [6.07, 6.45) is 14.2. The molecule has 0 N–H and O–H groups in total. The Labute approximate surface area is 154 Å². The quantitative estimate of drug-likeness (QED) is 0.388. The highest BCUT2D eigenvalue weighted by Crippen LogP contribution is 2.39. The summed E-state index contributed by atoms with van der Waals surface area (Å²) in [6, 6.07) is 12.3. The summed E-state index contributed by atoms with van der Waals surface area (Å²) in [5, 5.41) is 0. The lowest BCUT2D eigenvalue weighted by Gasteiger charge is -2.39. The molecule has 2 heterocycles. The third kappa shape index (κ3) is 4.95. The van der Waals surface area contributed by atoms with E-state index in [0.717, 1.165) is 13.0 Å². The van der Waals surface area contributed by atoms with Crippen LogP contribution in [0.3, 0.4) is 0 Å². The van der Waals surface area contributed by atoms with Gasteiger partial charge in [0.2, 0.25) is 0 Å². The van der Waals surface area contributed by atoms with E-state index in [2.05, 4.69) is 54.8 Å². The van der Waals surface area contributed by atoms with E-state index >= 15 is 0 Å². The zero-order valence-corrected chi connectivity index (χ0v) is 15.9. The average molecular weight is 342 g/mol. The van der Waals surface area contributed by atoms with Crippen LogP contribution in [0.15, 0.2) is 43.0 Å². The van der Waals surface area contributed by atoms with Gasteiger partial charge < -0.3 is 4.74 Å². The second kappa shape index (κ2) is 9.54. The summed E-state index contributed by atoms with van der Waals surface area (Å²) < 4.78 is 6.71. The number of benzene rings is 1. The summed E-state index contributed by atoms with van der Waals surface area (Å²) in [5.74, 6) is 0. The van der Waals surface area contributed by atoms with Gasteiger partial charge in [0, 0.05) is 18.6 Å². The molecule has 2 saturated heterocycles. The zero-order valence-electron chi connectivity index (χ0n) is 15.9. The standard InChI is InChI=1S/C23H35NO/c1-3-5-6-10-13-23(19-11-8-7-9-12-19)25-22-17-20-14-15-21(18-22)24(20)16-4-2/h4,7-9,11-12,20-23H,2-3,5-6,10,13-18H2,1H3/t20-,21+,22?,23?. The monoisotopic (exact) mass is 341 g/mol. The van der Waals surface area contributed by atoms with E-state index in [4.69, 9.17) is 4.74 Å². The van der Waals surface area contributed by atoms with Crippen molar-refractivity contribution in [2.45, 2.75) is 89.0 Å². The fraction of sp³-hybridized carbons (Fsp3) is 0.652.